The van der Waals surface area contributed by atoms with Gasteiger partial charge in [0.1, 0.15) is 6.26 Å². The number of rotatable bonds is 1. The maximum Gasteiger partial charge on any atom is 0.245 e. The van der Waals surface area contributed by atoms with E-state index >= 15 is 0 Å². The van der Waals surface area contributed by atoms with Crippen molar-refractivity contribution in [2.24, 2.45) is 0 Å². The summed E-state index contributed by atoms with van der Waals surface area (Å²) in [5.41, 5.74) is 0. The van der Waals surface area contributed by atoms with Crippen molar-refractivity contribution >= 4 is 6.29 Å². The number of carbonyl (C=O) groups excluding carboxylic acids is 1. The first kappa shape index (κ1) is 6.13. The van der Waals surface area contributed by atoms with Gasteiger partial charge in [-0.25, -0.2) is 0 Å². The lowest BCUT2D eigenvalue weighted by Crippen LogP contribution is -2.20. The molecule has 3 heteroatoms. The molecule has 0 aromatic carbocycles. The van der Waals surface area contributed by atoms with Crippen LogP contribution in [0.25, 0.3) is 0 Å². The third-order valence-electron chi connectivity index (χ3n) is 0.939. The van der Waals surface area contributed by atoms with E-state index in [9.17, 15) is 4.79 Å². The highest BCUT2D eigenvalue weighted by atomic mass is 16.7. The predicted molar refractivity (Wildman–Crippen MR) is 30.4 cm³/mol. The number of hydrogen-bond acceptors (Lipinski definition) is 3. The molecule has 0 unspecified atom stereocenters. The summed E-state index contributed by atoms with van der Waals surface area (Å²) in [7, 11) is 0. The van der Waals surface area contributed by atoms with E-state index in [0.717, 1.165) is 0 Å². The van der Waals surface area contributed by atoms with Crippen molar-refractivity contribution < 1.29 is 14.3 Å². The highest BCUT2D eigenvalue weighted by Crippen LogP contribution is 2.22. The van der Waals surface area contributed by atoms with Gasteiger partial charge >= 0.3 is 0 Å². The van der Waals surface area contributed by atoms with Gasteiger partial charge in [0.25, 0.3) is 0 Å². The molecule has 9 heavy (non-hydrogen) atoms. The van der Waals surface area contributed by atoms with Crippen LogP contribution in [0.15, 0.2) is 12.0 Å². The second kappa shape index (κ2) is 1.76. The predicted octanol–water partition coefficient (Wildman–Crippen LogP) is 0.810. The van der Waals surface area contributed by atoms with E-state index in [1.165, 1.54) is 6.26 Å². The smallest absolute Gasteiger partial charge is 0.245 e. The van der Waals surface area contributed by atoms with Crippen molar-refractivity contribution in [3.63, 3.8) is 0 Å². The normalized spacial score (nSPS) is 21.8. The highest BCUT2D eigenvalue weighted by Gasteiger charge is 2.26. The van der Waals surface area contributed by atoms with Gasteiger partial charge in [-0.2, -0.15) is 0 Å². The quantitative estimate of drug-likeness (QED) is 0.490. The Morgan fingerprint density at radius 3 is 2.56 bits per heavy atom. The van der Waals surface area contributed by atoms with Crippen LogP contribution < -0.4 is 0 Å². The number of hydrogen-bond donors (Lipinski definition) is 0. The van der Waals surface area contributed by atoms with Crippen LogP contribution in [0.1, 0.15) is 13.8 Å². The molecule has 0 aliphatic carbocycles. The van der Waals surface area contributed by atoms with Crippen molar-refractivity contribution in [1.82, 2.24) is 0 Å². The summed E-state index contributed by atoms with van der Waals surface area (Å²) in [6, 6.07) is 0. The molecule has 50 valence electrons. The van der Waals surface area contributed by atoms with Gasteiger partial charge in [0.05, 0.1) is 0 Å². The van der Waals surface area contributed by atoms with E-state index in [2.05, 4.69) is 0 Å². The van der Waals surface area contributed by atoms with Crippen LogP contribution in [0.3, 0.4) is 0 Å². The third kappa shape index (κ3) is 1.22. The number of allylic oxidation sites excluding steroid dienone is 1. The van der Waals surface area contributed by atoms with Crippen LogP contribution in [0.4, 0.5) is 0 Å². The Morgan fingerprint density at radius 2 is 2.33 bits per heavy atom. The summed E-state index contributed by atoms with van der Waals surface area (Å²) in [6.45, 7) is 3.47. The standard InChI is InChI=1S/C6H8O3/c1-6(2)8-4-5(3-7)9-6/h3-4H,1-2H3. The largest absolute Gasteiger partial charge is 0.457 e. The molecule has 0 saturated heterocycles. The molecule has 1 aliphatic rings. The summed E-state index contributed by atoms with van der Waals surface area (Å²) < 4.78 is 9.90. The first-order valence-corrected chi connectivity index (χ1v) is 2.66. The second-order valence-corrected chi connectivity index (χ2v) is 2.26. The Bertz CT molecular complexity index is 158. The van der Waals surface area contributed by atoms with E-state index in [-0.39, 0.29) is 5.76 Å². The van der Waals surface area contributed by atoms with Crippen LogP contribution in [0.2, 0.25) is 0 Å². The Labute approximate surface area is 53.3 Å². The van der Waals surface area contributed by atoms with E-state index in [1.807, 2.05) is 0 Å². The maximum absolute atomic E-state index is 10.0. The minimum absolute atomic E-state index is 0.250. The average molecular weight is 128 g/mol. The van der Waals surface area contributed by atoms with Gasteiger partial charge in [-0.3, -0.25) is 4.79 Å². The Balaban J connectivity index is 2.59. The molecule has 0 fully saturated rings. The highest BCUT2D eigenvalue weighted by molar-refractivity contribution is 5.70. The molecule has 0 spiro atoms. The van der Waals surface area contributed by atoms with E-state index < -0.39 is 5.79 Å². The lowest BCUT2D eigenvalue weighted by Gasteiger charge is -2.16. The topological polar surface area (TPSA) is 35.5 Å². The van der Waals surface area contributed by atoms with Crippen molar-refractivity contribution in [2.75, 3.05) is 0 Å². The minimum Gasteiger partial charge on any atom is -0.457 e. The molecule has 1 aliphatic heterocycles. The molecule has 0 amide bonds. The van der Waals surface area contributed by atoms with Crippen LogP contribution in [0, 0.1) is 0 Å². The third-order valence-corrected chi connectivity index (χ3v) is 0.939. The molecule has 3 nitrogen and oxygen atoms in total. The zero-order chi connectivity index (χ0) is 6.91. The molecular weight excluding hydrogens is 120 g/mol. The summed E-state index contributed by atoms with van der Waals surface area (Å²) in [4.78, 5) is 10.0. The molecule has 0 aromatic heterocycles. The monoisotopic (exact) mass is 128 g/mol. The van der Waals surface area contributed by atoms with E-state index in [4.69, 9.17) is 9.47 Å². The Hall–Kier alpha value is -0.990. The van der Waals surface area contributed by atoms with Crippen LogP contribution in [-0.4, -0.2) is 12.1 Å². The van der Waals surface area contributed by atoms with Crippen LogP contribution >= 0.6 is 0 Å². The second-order valence-electron chi connectivity index (χ2n) is 2.26. The molecule has 0 aromatic rings. The maximum atomic E-state index is 10.0. The zero-order valence-electron chi connectivity index (χ0n) is 5.38. The minimum atomic E-state index is -0.657. The van der Waals surface area contributed by atoms with Gasteiger partial charge in [0.2, 0.25) is 5.79 Å². The van der Waals surface area contributed by atoms with Crippen LogP contribution in [-0.2, 0) is 14.3 Å². The molecule has 0 bridgehead atoms. The SMILES string of the molecule is CC1(C)OC=C(C=O)O1. The fourth-order valence-corrected chi connectivity index (χ4v) is 0.584. The van der Waals surface area contributed by atoms with Gasteiger partial charge in [-0.05, 0) is 0 Å². The summed E-state index contributed by atoms with van der Waals surface area (Å²) in [5.74, 6) is -0.407. The van der Waals surface area contributed by atoms with Crippen molar-refractivity contribution in [3.8, 4) is 0 Å². The van der Waals surface area contributed by atoms with Crippen molar-refractivity contribution in [1.29, 1.82) is 0 Å². The van der Waals surface area contributed by atoms with Gasteiger partial charge in [-0.1, -0.05) is 0 Å². The van der Waals surface area contributed by atoms with Crippen molar-refractivity contribution in [2.45, 2.75) is 19.6 Å². The fourth-order valence-electron chi connectivity index (χ4n) is 0.584. The molecule has 1 rings (SSSR count). The molecule has 0 saturated carbocycles. The lowest BCUT2D eigenvalue weighted by atomic mass is 10.4. The Kier molecular flexibility index (Phi) is 1.20. The summed E-state index contributed by atoms with van der Waals surface area (Å²) >= 11 is 0. The number of aldehydes is 1. The van der Waals surface area contributed by atoms with E-state index in [0.29, 0.717) is 6.29 Å². The lowest BCUT2D eigenvalue weighted by molar-refractivity contribution is -0.128. The van der Waals surface area contributed by atoms with Gasteiger partial charge in [0.15, 0.2) is 12.0 Å². The number of carbonyl (C=O) groups is 1. The molecule has 0 atom stereocenters. The van der Waals surface area contributed by atoms with Gasteiger partial charge in [-0.15, -0.1) is 0 Å². The van der Waals surface area contributed by atoms with Crippen LogP contribution in [0.5, 0.6) is 0 Å². The van der Waals surface area contributed by atoms with E-state index in [1.54, 1.807) is 13.8 Å². The first-order chi connectivity index (χ1) is 4.14. The molecule has 1 heterocycles. The summed E-state index contributed by atoms with van der Waals surface area (Å²) in [6.07, 6.45) is 1.93. The molecule has 0 radical (unpaired) electrons. The average Bonchev–Trinajstić information content (AvgIpc) is 2.10. The number of ether oxygens (including phenoxy) is 2. The van der Waals surface area contributed by atoms with Gasteiger partial charge < -0.3 is 9.47 Å². The zero-order valence-corrected chi connectivity index (χ0v) is 5.38. The van der Waals surface area contributed by atoms with Crippen molar-refractivity contribution in [3.05, 3.63) is 12.0 Å². The fraction of sp³-hybridized carbons (Fsp3) is 0.500. The summed E-state index contributed by atoms with van der Waals surface area (Å²) in [5, 5.41) is 0. The Morgan fingerprint density at radius 1 is 1.67 bits per heavy atom. The molecular formula is C6H8O3. The first-order valence-electron chi connectivity index (χ1n) is 2.66. The van der Waals surface area contributed by atoms with Gasteiger partial charge in [0, 0.05) is 13.8 Å². The molecule has 0 N–H and O–H groups in total.